The third-order valence-corrected chi connectivity index (χ3v) is 3.81. The van der Waals surface area contributed by atoms with Gasteiger partial charge in [-0.05, 0) is 13.8 Å². The number of carbonyl (C=O) groups excluding carboxylic acids is 1. The van der Waals surface area contributed by atoms with Gasteiger partial charge < -0.3 is 15.4 Å². The largest absolute Gasteiger partial charge is 0.381 e. The van der Waals surface area contributed by atoms with Crippen molar-refractivity contribution in [2.45, 2.75) is 25.9 Å². The molecule has 0 unspecified atom stereocenters. The zero-order valence-corrected chi connectivity index (χ0v) is 13.1. The van der Waals surface area contributed by atoms with E-state index in [-0.39, 0.29) is 18.0 Å². The molecule has 2 N–H and O–H groups in total. The van der Waals surface area contributed by atoms with E-state index in [9.17, 15) is 4.79 Å². The molecule has 0 saturated carbocycles. The van der Waals surface area contributed by atoms with Crippen LogP contribution in [0, 0.1) is 0 Å². The Balaban J connectivity index is 1.85. The summed E-state index contributed by atoms with van der Waals surface area (Å²) >= 11 is 0. The van der Waals surface area contributed by atoms with Gasteiger partial charge in [0, 0.05) is 38.4 Å². The number of carbonyl (C=O) groups is 1. The highest BCUT2D eigenvalue weighted by molar-refractivity contribution is 5.75. The van der Waals surface area contributed by atoms with E-state index in [0.717, 1.165) is 38.5 Å². The first-order chi connectivity index (χ1) is 10.0. The fraction of sp³-hybridized carbons (Fsp3) is 0.714. The van der Waals surface area contributed by atoms with Crippen LogP contribution in [0.5, 0.6) is 0 Å². The number of hydrogen-bond acceptors (Lipinski definition) is 5. The van der Waals surface area contributed by atoms with Gasteiger partial charge in [0.25, 0.3) is 0 Å². The number of rotatable bonds is 6. The van der Waals surface area contributed by atoms with E-state index in [1.54, 1.807) is 17.9 Å². The molecule has 1 aliphatic heterocycles. The fourth-order valence-electron chi connectivity index (χ4n) is 2.37. The van der Waals surface area contributed by atoms with Gasteiger partial charge in [0.2, 0.25) is 5.91 Å². The lowest BCUT2D eigenvalue weighted by Crippen LogP contribution is -2.53. The van der Waals surface area contributed by atoms with Crippen LogP contribution in [0.1, 0.15) is 13.8 Å². The van der Waals surface area contributed by atoms with Crippen LogP contribution in [0.3, 0.4) is 0 Å². The maximum atomic E-state index is 11.3. The third kappa shape index (κ3) is 4.44. The van der Waals surface area contributed by atoms with Crippen molar-refractivity contribution < 1.29 is 9.53 Å². The maximum absolute atomic E-state index is 11.3. The molecule has 1 aromatic rings. The first-order valence-electron chi connectivity index (χ1n) is 7.31. The molecule has 7 nitrogen and oxygen atoms in total. The molecular weight excluding hydrogens is 270 g/mol. The van der Waals surface area contributed by atoms with Crippen LogP contribution in [0.15, 0.2) is 12.4 Å². The highest BCUT2D eigenvalue weighted by Crippen LogP contribution is 2.17. The topological polar surface area (TPSA) is 71.4 Å². The lowest BCUT2D eigenvalue weighted by molar-refractivity contribution is -0.121. The summed E-state index contributed by atoms with van der Waals surface area (Å²) < 4.78 is 7.02. The van der Waals surface area contributed by atoms with Crippen LogP contribution in [-0.2, 0) is 16.1 Å². The SMILES string of the molecule is CNC(=O)Cn1cc(NCC(C)(C)N2CCOCC2)cn1. The summed E-state index contributed by atoms with van der Waals surface area (Å²) in [5.74, 6) is -0.0571. The molecule has 0 aromatic carbocycles. The quantitative estimate of drug-likeness (QED) is 0.782. The molecule has 1 fully saturated rings. The number of amides is 1. The number of ether oxygens (including phenoxy) is 1. The zero-order valence-electron chi connectivity index (χ0n) is 13.1. The van der Waals surface area contributed by atoms with Crippen molar-refractivity contribution in [2.75, 3.05) is 45.2 Å². The average molecular weight is 295 g/mol. The molecule has 0 aliphatic carbocycles. The van der Waals surface area contributed by atoms with Crippen molar-refractivity contribution in [1.29, 1.82) is 0 Å². The molecule has 2 heterocycles. The lowest BCUT2D eigenvalue weighted by Gasteiger charge is -2.41. The van der Waals surface area contributed by atoms with Gasteiger partial charge >= 0.3 is 0 Å². The molecule has 0 bridgehead atoms. The van der Waals surface area contributed by atoms with Crippen LogP contribution in [0.25, 0.3) is 0 Å². The van der Waals surface area contributed by atoms with Crippen LogP contribution in [-0.4, -0.2) is 66.0 Å². The van der Waals surface area contributed by atoms with Crippen molar-refractivity contribution in [3.63, 3.8) is 0 Å². The highest BCUT2D eigenvalue weighted by Gasteiger charge is 2.27. The number of aromatic nitrogens is 2. The molecule has 2 rings (SSSR count). The second-order valence-electron chi connectivity index (χ2n) is 5.87. The molecule has 1 aromatic heterocycles. The molecular formula is C14H25N5O2. The molecule has 1 saturated heterocycles. The van der Waals surface area contributed by atoms with Gasteiger partial charge in [-0.2, -0.15) is 5.10 Å². The molecule has 7 heteroatoms. The molecule has 118 valence electrons. The fourth-order valence-corrected chi connectivity index (χ4v) is 2.37. The maximum Gasteiger partial charge on any atom is 0.241 e. The van der Waals surface area contributed by atoms with Crippen LogP contribution in [0.2, 0.25) is 0 Å². The van der Waals surface area contributed by atoms with E-state index in [4.69, 9.17) is 4.74 Å². The Kier molecular flexibility index (Phi) is 5.19. The highest BCUT2D eigenvalue weighted by atomic mass is 16.5. The summed E-state index contributed by atoms with van der Waals surface area (Å²) in [6, 6.07) is 0. The third-order valence-electron chi connectivity index (χ3n) is 3.81. The normalized spacial score (nSPS) is 16.7. The Bertz CT molecular complexity index is 466. The average Bonchev–Trinajstić information content (AvgIpc) is 2.93. The van der Waals surface area contributed by atoms with Crippen molar-refractivity contribution in [3.8, 4) is 0 Å². The Morgan fingerprint density at radius 3 is 2.81 bits per heavy atom. The lowest BCUT2D eigenvalue weighted by atomic mass is 10.0. The molecule has 0 spiro atoms. The van der Waals surface area contributed by atoms with Gasteiger partial charge in [-0.15, -0.1) is 0 Å². The van der Waals surface area contributed by atoms with E-state index in [0.29, 0.717) is 0 Å². The standard InChI is InChI=1S/C14H25N5O2/c1-14(2,18-4-6-21-7-5-18)11-16-12-8-17-19(9-12)10-13(20)15-3/h8-9,16H,4-7,10-11H2,1-3H3,(H,15,20). The van der Waals surface area contributed by atoms with Crippen molar-refractivity contribution in [2.24, 2.45) is 0 Å². The summed E-state index contributed by atoms with van der Waals surface area (Å²) in [5.41, 5.74) is 0.979. The molecule has 1 amide bonds. The van der Waals surface area contributed by atoms with Gasteiger partial charge in [-0.25, -0.2) is 0 Å². The summed E-state index contributed by atoms with van der Waals surface area (Å²) in [5, 5.41) is 10.2. The molecule has 1 aliphatic rings. The number of hydrogen-bond donors (Lipinski definition) is 2. The zero-order chi connectivity index (χ0) is 15.3. The van der Waals surface area contributed by atoms with Crippen molar-refractivity contribution >= 4 is 11.6 Å². The summed E-state index contributed by atoms with van der Waals surface area (Å²) in [6.45, 7) is 9.03. The second-order valence-corrected chi connectivity index (χ2v) is 5.87. The van der Waals surface area contributed by atoms with Crippen LogP contribution in [0.4, 0.5) is 5.69 Å². The Morgan fingerprint density at radius 1 is 1.43 bits per heavy atom. The molecule has 0 radical (unpaired) electrons. The second kappa shape index (κ2) is 6.91. The van der Waals surface area contributed by atoms with E-state index in [1.807, 2.05) is 6.20 Å². The minimum atomic E-state index is -0.0571. The van der Waals surface area contributed by atoms with Gasteiger partial charge in [0.15, 0.2) is 0 Å². The monoisotopic (exact) mass is 295 g/mol. The summed E-state index contributed by atoms with van der Waals surface area (Å²) in [7, 11) is 1.62. The smallest absolute Gasteiger partial charge is 0.241 e. The Hall–Kier alpha value is -1.60. The van der Waals surface area contributed by atoms with E-state index < -0.39 is 0 Å². The predicted molar refractivity (Wildman–Crippen MR) is 81.3 cm³/mol. The van der Waals surface area contributed by atoms with E-state index >= 15 is 0 Å². The number of nitrogens with one attached hydrogen (secondary N) is 2. The van der Waals surface area contributed by atoms with Gasteiger partial charge in [0.05, 0.1) is 25.1 Å². The summed E-state index contributed by atoms with van der Waals surface area (Å²) in [4.78, 5) is 13.7. The number of likely N-dealkylation sites (N-methyl/N-ethyl adjacent to an activating group) is 1. The minimum absolute atomic E-state index is 0.0483. The van der Waals surface area contributed by atoms with Gasteiger partial charge in [0.1, 0.15) is 6.54 Å². The first kappa shape index (κ1) is 15.8. The first-order valence-corrected chi connectivity index (χ1v) is 7.31. The predicted octanol–water partition coefficient (Wildman–Crippen LogP) is 0.152. The van der Waals surface area contributed by atoms with Crippen molar-refractivity contribution in [1.82, 2.24) is 20.0 Å². The van der Waals surface area contributed by atoms with Crippen LogP contribution < -0.4 is 10.6 Å². The van der Waals surface area contributed by atoms with E-state index in [2.05, 4.69) is 34.5 Å². The number of nitrogens with zero attached hydrogens (tertiary/aromatic N) is 3. The Labute approximate surface area is 125 Å². The number of anilines is 1. The number of morpholine rings is 1. The van der Waals surface area contributed by atoms with Gasteiger partial charge in [-0.1, -0.05) is 0 Å². The Morgan fingerprint density at radius 2 is 2.14 bits per heavy atom. The molecule has 0 atom stereocenters. The molecule has 21 heavy (non-hydrogen) atoms. The van der Waals surface area contributed by atoms with E-state index in [1.165, 1.54) is 0 Å². The minimum Gasteiger partial charge on any atom is -0.381 e. The summed E-state index contributed by atoms with van der Waals surface area (Å²) in [6.07, 6.45) is 3.60. The van der Waals surface area contributed by atoms with Gasteiger partial charge in [-0.3, -0.25) is 14.4 Å². The van der Waals surface area contributed by atoms with Crippen molar-refractivity contribution in [3.05, 3.63) is 12.4 Å². The van der Waals surface area contributed by atoms with Crippen LogP contribution >= 0.6 is 0 Å².